The molecule has 0 amide bonds. The summed E-state index contributed by atoms with van der Waals surface area (Å²) in [6, 6.07) is 0. The fourth-order valence-corrected chi connectivity index (χ4v) is 1.73. The molecule has 1 rings (SSSR count). The summed E-state index contributed by atoms with van der Waals surface area (Å²) in [6.07, 6.45) is 2.29. The number of hydrogen-bond donors (Lipinski definition) is 0. The molecule has 4 heteroatoms. The van der Waals surface area contributed by atoms with Crippen molar-refractivity contribution in [3.05, 3.63) is 0 Å². The van der Waals surface area contributed by atoms with Crippen LogP contribution in [0.15, 0.2) is 4.74 Å². The summed E-state index contributed by atoms with van der Waals surface area (Å²) in [5.74, 6) is 0. The highest BCUT2D eigenvalue weighted by molar-refractivity contribution is 7.36. The quantitative estimate of drug-likeness (QED) is 0.616. The van der Waals surface area contributed by atoms with Crippen LogP contribution in [-0.4, -0.2) is 19.3 Å². The lowest BCUT2D eigenvalue weighted by Crippen LogP contribution is -2.02. The van der Waals surface area contributed by atoms with E-state index < -0.39 is 8.17 Å². The van der Waals surface area contributed by atoms with Crippen LogP contribution >= 0.6 is 8.17 Å². The fourth-order valence-electron chi connectivity index (χ4n) is 0.695. The van der Waals surface area contributed by atoms with Crippen LogP contribution in [0, 0.1) is 0 Å². The lowest BCUT2D eigenvalue weighted by molar-refractivity contribution is 0.195. The zero-order valence-corrected chi connectivity index (χ0v) is 8.23. The highest BCUT2D eigenvalue weighted by atomic mass is 31.1. The van der Waals surface area contributed by atoms with E-state index in [9.17, 15) is 0 Å². The van der Waals surface area contributed by atoms with Crippen LogP contribution in [0.4, 0.5) is 0 Å². The van der Waals surface area contributed by atoms with Crippen molar-refractivity contribution in [3.8, 4) is 0 Å². The van der Waals surface area contributed by atoms with Crippen LogP contribution < -0.4 is 0 Å². The van der Waals surface area contributed by atoms with E-state index >= 15 is 0 Å². The first-order chi connectivity index (χ1) is 5.20. The first-order valence-electron chi connectivity index (χ1n) is 3.91. The van der Waals surface area contributed by atoms with E-state index in [1.54, 1.807) is 7.11 Å². The largest absolute Gasteiger partial charge is 0.559 e. The number of hydrogen-bond acceptors (Lipinski definition) is 3. The predicted octanol–water partition coefficient (Wildman–Crippen LogP) is 2.72. The fraction of sp³-hybridized carbons (Fsp3) is 1.00. The van der Waals surface area contributed by atoms with Gasteiger partial charge in [-0.25, -0.2) is 0 Å². The van der Waals surface area contributed by atoms with E-state index in [4.69, 9.17) is 9.05 Å². The molecule has 0 aromatic rings. The molecule has 0 spiro atoms. The first kappa shape index (κ1) is 9.11. The van der Waals surface area contributed by atoms with Crippen LogP contribution in [0.5, 0.6) is 0 Å². The van der Waals surface area contributed by atoms with Gasteiger partial charge >= 0.3 is 8.17 Å². The molecule has 0 saturated heterocycles. The second-order valence-electron chi connectivity index (χ2n) is 2.92. The van der Waals surface area contributed by atoms with Crippen molar-refractivity contribution >= 4 is 8.17 Å². The van der Waals surface area contributed by atoms with Gasteiger partial charge in [0.1, 0.15) is 5.60 Å². The molecule has 1 unspecified atom stereocenters. The van der Waals surface area contributed by atoms with Crippen molar-refractivity contribution in [2.45, 2.75) is 32.3 Å². The normalized spacial score (nSPS) is 21.9. The second kappa shape index (κ2) is 3.61. The minimum atomic E-state index is -0.959. The van der Waals surface area contributed by atoms with E-state index in [-0.39, 0.29) is 5.60 Å². The second-order valence-corrected chi connectivity index (χ2v) is 4.23. The Morgan fingerprint density at radius 1 is 1.55 bits per heavy atom. The van der Waals surface area contributed by atoms with Crippen LogP contribution in [-0.2, 0) is 9.05 Å². The van der Waals surface area contributed by atoms with Crippen molar-refractivity contribution in [1.29, 1.82) is 0 Å². The van der Waals surface area contributed by atoms with Gasteiger partial charge in [-0.3, -0.25) is 0 Å². The molecule has 0 aliphatic heterocycles. The van der Waals surface area contributed by atoms with Gasteiger partial charge in [0.25, 0.3) is 0 Å². The zero-order chi connectivity index (χ0) is 8.32. The molecule has 0 radical (unpaired) electrons. The van der Waals surface area contributed by atoms with E-state index in [0.29, 0.717) is 0 Å². The lowest BCUT2D eigenvalue weighted by Gasteiger charge is -1.97. The average molecular weight is 176 g/mol. The maximum absolute atomic E-state index is 5.61. The van der Waals surface area contributed by atoms with Crippen molar-refractivity contribution in [2.75, 3.05) is 13.7 Å². The molecule has 0 aromatic heterocycles. The van der Waals surface area contributed by atoms with E-state index in [1.165, 1.54) is 0 Å². The Labute approximate surface area is 68.7 Å². The Balaban J connectivity index is 2.37. The SMILES string of the molecule is CCN=[P+](OC)OC1(C)CC1. The third-order valence-electron chi connectivity index (χ3n) is 1.67. The standard InChI is InChI=1S/C7H15NO2P/c1-4-8-11(9-3)10-7(2)5-6-7/h4-6H2,1-3H3/q+1. The average Bonchev–Trinajstić information content (AvgIpc) is 2.68. The molecule has 11 heavy (non-hydrogen) atoms. The summed E-state index contributed by atoms with van der Waals surface area (Å²) in [5, 5.41) is 0. The third-order valence-corrected chi connectivity index (χ3v) is 3.09. The molecule has 1 fully saturated rings. The lowest BCUT2D eigenvalue weighted by atomic mass is 10.4. The summed E-state index contributed by atoms with van der Waals surface area (Å²) in [7, 11) is 0.690. The summed E-state index contributed by atoms with van der Waals surface area (Å²) in [5.41, 5.74) is 0.0837. The van der Waals surface area contributed by atoms with Gasteiger partial charge in [-0.2, -0.15) is 0 Å². The number of nitrogens with zero attached hydrogens (tertiary/aromatic N) is 1. The predicted molar refractivity (Wildman–Crippen MR) is 45.6 cm³/mol. The van der Waals surface area contributed by atoms with Gasteiger partial charge in [-0.15, -0.1) is 9.05 Å². The minimum Gasteiger partial charge on any atom is -0.138 e. The third kappa shape index (κ3) is 2.86. The Kier molecular flexibility index (Phi) is 2.99. The van der Waals surface area contributed by atoms with Gasteiger partial charge in [0.15, 0.2) is 0 Å². The van der Waals surface area contributed by atoms with E-state index in [0.717, 1.165) is 19.4 Å². The van der Waals surface area contributed by atoms with Crippen molar-refractivity contribution in [2.24, 2.45) is 4.74 Å². The number of rotatable bonds is 4. The molecule has 64 valence electrons. The van der Waals surface area contributed by atoms with Crippen LogP contribution in [0.3, 0.4) is 0 Å². The molecule has 3 nitrogen and oxygen atoms in total. The van der Waals surface area contributed by atoms with Gasteiger partial charge in [0.2, 0.25) is 0 Å². The Bertz CT molecular complexity index is 166. The molecule has 0 heterocycles. The molecule has 0 aromatic carbocycles. The highest BCUT2D eigenvalue weighted by Gasteiger charge is 2.46. The van der Waals surface area contributed by atoms with E-state index in [2.05, 4.69) is 11.7 Å². The maximum atomic E-state index is 5.61. The minimum absolute atomic E-state index is 0.0837. The van der Waals surface area contributed by atoms with Crippen molar-refractivity contribution < 1.29 is 9.05 Å². The molecule has 1 saturated carbocycles. The first-order valence-corrected chi connectivity index (χ1v) is 5.04. The zero-order valence-electron chi connectivity index (χ0n) is 7.33. The Morgan fingerprint density at radius 2 is 2.18 bits per heavy atom. The highest BCUT2D eigenvalue weighted by Crippen LogP contribution is 2.47. The van der Waals surface area contributed by atoms with Crippen LogP contribution in [0.1, 0.15) is 26.7 Å². The van der Waals surface area contributed by atoms with Crippen molar-refractivity contribution in [1.82, 2.24) is 0 Å². The summed E-state index contributed by atoms with van der Waals surface area (Å²) in [4.78, 5) is 0. The Hall–Kier alpha value is 0.0200. The smallest absolute Gasteiger partial charge is 0.138 e. The molecule has 0 N–H and O–H groups in total. The maximum Gasteiger partial charge on any atom is 0.559 e. The van der Waals surface area contributed by atoms with Gasteiger partial charge in [-0.05, 0) is 31.4 Å². The van der Waals surface area contributed by atoms with Crippen molar-refractivity contribution in [3.63, 3.8) is 0 Å². The van der Waals surface area contributed by atoms with E-state index in [1.807, 2.05) is 6.92 Å². The molecule has 1 atom stereocenters. The molecular weight excluding hydrogens is 161 g/mol. The van der Waals surface area contributed by atoms with Gasteiger partial charge in [-0.1, -0.05) is 0 Å². The Morgan fingerprint density at radius 3 is 2.55 bits per heavy atom. The summed E-state index contributed by atoms with van der Waals surface area (Å²) < 4.78 is 14.9. The molecular formula is C7H15NO2P+. The topological polar surface area (TPSA) is 30.8 Å². The van der Waals surface area contributed by atoms with Gasteiger partial charge < -0.3 is 0 Å². The molecule has 0 bridgehead atoms. The summed E-state index contributed by atoms with van der Waals surface area (Å²) in [6.45, 7) is 4.87. The molecule has 1 aliphatic rings. The van der Waals surface area contributed by atoms with Crippen LogP contribution in [0.25, 0.3) is 0 Å². The molecule has 1 aliphatic carbocycles. The summed E-state index contributed by atoms with van der Waals surface area (Å²) >= 11 is 0. The van der Waals surface area contributed by atoms with Gasteiger partial charge in [0, 0.05) is 0 Å². The van der Waals surface area contributed by atoms with Crippen LogP contribution in [0.2, 0.25) is 0 Å². The van der Waals surface area contributed by atoms with Gasteiger partial charge in [0.05, 0.1) is 13.7 Å². The monoisotopic (exact) mass is 176 g/mol.